The molecular formula is C22H22N4O3. The molecule has 0 spiro atoms. The zero-order chi connectivity index (χ0) is 20.0. The molecule has 1 aromatic carbocycles. The van der Waals surface area contributed by atoms with Crippen LogP contribution in [0.4, 0.5) is 0 Å². The molecule has 2 aliphatic carbocycles. The standard InChI is InChI=1S/C22H22N4O3/c27-19-11-15(7-8-23-19)21-17-3-1-2-4-18(17)22(29)26(25-21)24-20(28)12-16-10-13-5-6-14(16)9-13/h1-4,7-8,11,13-14,16H,5-6,9-10,12H2,(H,23,27)(H,24,28)/t13-,14+,16-/m1/s1. The molecule has 5 rings (SSSR count). The SMILES string of the molecule is O=C(C[C@H]1C[C@@H]2CC[C@H]1C2)Nn1nc(-c2ccnc(O)c2)c2ccccc2c1=O. The smallest absolute Gasteiger partial charge is 0.294 e. The van der Waals surface area contributed by atoms with Gasteiger partial charge in [0, 0.05) is 29.6 Å². The van der Waals surface area contributed by atoms with Crippen molar-refractivity contribution >= 4 is 16.7 Å². The Labute approximate surface area is 167 Å². The number of fused-ring (bicyclic) bond motifs is 3. The van der Waals surface area contributed by atoms with Gasteiger partial charge in [-0.2, -0.15) is 0 Å². The van der Waals surface area contributed by atoms with E-state index in [4.69, 9.17) is 0 Å². The summed E-state index contributed by atoms with van der Waals surface area (Å²) in [6.07, 6.45) is 6.75. The highest BCUT2D eigenvalue weighted by molar-refractivity contribution is 5.94. The zero-order valence-corrected chi connectivity index (χ0v) is 15.9. The molecule has 0 saturated heterocycles. The summed E-state index contributed by atoms with van der Waals surface area (Å²) < 4.78 is 0. The fraction of sp³-hybridized carbons (Fsp3) is 0.364. The van der Waals surface area contributed by atoms with Gasteiger partial charge < -0.3 is 5.11 Å². The summed E-state index contributed by atoms with van der Waals surface area (Å²) in [5.41, 5.74) is 3.43. The van der Waals surface area contributed by atoms with Crippen LogP contribution in [0.5, 0.6) is 5.88 Å². The van der Waals surface area contributed by atoms with Crippen molar-refractivity contribution < 1.29 is 9.90 Å². The lowest BCUT2D eigenvalue weighted by Crippen LogP contribution is -2.36. The Kier molecular flexibility index (Phi) is 4.30. The lowest BCUT2D eigenvalue weighted by Gasteiger charge is -2.21. The number of rotatable bonds is 4. The average Bonchev–Trinajstić information content (AvgIpc) is 3.33. The van der Waals surface area contributed by atoms with E-state index in [-0.39, 0.29) is 17.3 Å². The van der Waals surface area contributed by atoms with E-state index in [1.165, 1.54) is 31.5 Å². The minimum Gasteiger partial charge on any atom is -0.493 e. The van der Waals surface area contributed by atoms with Crippen LogP contribution in [0.3, 0.4) is 0 Å². The van der Waals surface area contributed by atoms with Crippen LogP contribution in [-0.4, -0.2) is 25.9 Å². The van der Waals surface area contributed by atoms with Crippen LogP contribution in [0.25, 0.3) is 22.0 Å². The molecule has 2 N–H and O–H groups in total. The van der Waals surface area contributed by atoms with Crippen molar-refractivity contribution in [1.29, 1.82) is 0 Å². The van der Waals surface area contributed by atoms with Crippen LogP contribution >= 0.6 is 0 Å². The van der Waals surface area contributed by atoms with Crippen LogP contribution in [-0.2, 0) is 4.79 Å². The molecule has 0 unspecified atom stereocenters. The molecule has 2 saturated carbocycles. The first-order valence-corrected chi connectivity index (χ1v) is 10.1. The number of pyridine rings is 1. The predicted molar refractivity (Wildman–Crippen MR) is 109 cm³/mol. The van der Waals surface area contributed by atoms with E-state index in [2.05, 4.69) is 15.5 Å². The molecule has 2 aromatic heterocycles. The average molecular weight is 390 g/mol. The number of amides is 1. The molecule has 7 nitrogen and oxygen atoms in total. The molecule has 29 heavy (non-hydrogen) atoms. The number of nitrogens with one attached hydrogen (secondary N) is 1. The van der Waals surface area contributed by atoms with Gasteiger partial charge in [-0.25, -0.2) is 10.4 Å². The van der Waals surface area contributed by atoms with E-state index >= 15 is 0 Å². The molecule has 1 amide bonds. The van der Waals surface area contributed by atoms with Crippen molar-refractivity contribution in [3.05, 3.63) is 52.9 Å². The minimum atomic E-state index is -0.371. The van der Waals surface area contributed by atoms with Crippen LogP contribution in [0.1, 0.15) is 32.1 Å². The zero-order valence-electron chi connectivity index (χ0n) is 15.9. The highest BCUT2D eigenvalue weighted by Gasteiger charge is 2.40. The topological polar surface area (TPSA) is 97.1 Å². The molecule has 7 heteroatoms. The van der Waals surface area contributed by atoms with E-state index in [1.54, 1.807) is 24.3 Å². The highest BCUT2D eigenvalue weighted by Crippen LogP contribution is 2.49. The normalized spacial score (nSPS) is 22.8. The van der Waals surface area contributed by atoms with Gasteiger partial charge in [-0.1, -0.05) is 24.6 Å². The summed E-state index contributed by atoms with van der Waals surface area (Å²) in [5, 5.41) is 15.3. The van der Waals surface area contributed by atoms with Crippen LogP contribution < -0.4 is 11.0 Å². The van der Waals surface area contributed by atoms with Crippen molar-refractivity contribution in [2.45, 2.75) is 32.1 Å². The van der Waals surface area contributed by atoms with Gasteiger partial charge >= 0.3 is 0 Å². The van der Waals surface area contributed by atoms with Gasteiger partial charge in [-0.3, -0.25) is 9.59 Å². The first-order valence-electron chi connectivity index (χ1n) is 10.1. The van der Waals surface area contributed by atoms with E-state index in [9.17, 15) is 14.7 Å². The first kappa shape index (κ1) is 17.8. The largest absolute Gasteiger partial charge is 0.493 e. The molecule has 2 heterocycles. The number of nitrogens with zero attached hydrogens (tertiary/aromatic N) is 3. The van der Waals surface area contributed by atoms with Gasteiger partial charge in [0.15, 0.2) is 0 Å². The van der Waals surface area contributed by atoms with Gasteiger partial charge in [-0.05, 0) is 49.1 Å². The quantitative estimate of drug-likeness (QED) is 0.714. The summed E-state index contributed by atoms with van der Waals surface area (Å²) in [7, 11) is 0. The third kappa shape index (κ3) is 3.26. The monoisotopic (exact) mass is 390 g/mol. The lowest BCUT2D eigenvalue weighted by atomic mass is 9.86. The summed E-state index contributed by atoms with van der Waals surface area (Å²) >= 11 is 0. The van der Waals surface area contributed by atoms with Crippen molar-refractivity contribution in [2.75, 3.05) is 5.43 Å². The van der Waals surface area contributed by atoms with Gasteiger partial charge in [0.05, 0.1) is 5.39 Å². The van der Waals surface area contributed by atoms with Crippen molar-refractivity contribution in [3.63, 3.8) is 0 Å². The van der Waals surface area contributed by atoms with Crippen LogP contribution in [0.15, 0.2) is 47.4 Å². The minimum absolute atomic E-state index is 0.133. The number of aromatic hydroxyl groups is 1. The second kappa shape index (κ2) is 6.99. The molecule has 0 aliphatic heterocycles. The number of hydrogen-bond acceptors (Lipinski definition) is 5. The van der Waals surface area contributed by atoms with Crippen LogP contribution in [0, 0.1) is 17.8 Å². The van der Waals surface area contributed by atoms with Gasteiger partial charge in [0.1, 0.15) is 5.69 Å². The van der Waals surface area contributed by atoms with E-state index in [1.807, 2.05) is 6.07 Å². The molecule has 2 bridgehead atoms. The maximum absolute atomic E-state index is 12.9. The van der Waals surface area contributed by atoms with Gasteiger partial charge in [0.25, 0.3) is 5.56 Å². The fourth-order valence-corrected chi connectivity index (χ4v) is 5.07. The second-order valence-corrected chi connectivity index (χ2v) is 8.19. The molecule has 2 fully saturated rings. The Bertz CT molecular complexity index is 1160. The Morgan fingerprint density at radius 3 is 2.72 bits per heavy atom. The van der Waals surface area contributed by atoms with E-state index < -0.39 is 0 Å². The Morgan fingerprint density at radius 1 is 1.17 bits per heavy atom. The first-order chi connectivity index (χ1) is 14.1. The number of hydrogen-bond donors (Lipinski definition) is 2. The molecule has 3 atom stereocenters. The number of benzene rings is 1. The third-order valence-electron chi connectivity index (χ3n) is 6.39. The summed E-state index contributed by atoms with van der Waals surface area (Å²) in [6, 6.07) is 10.3. The summed E-state index contributed by atoms with van der Waals surface area (Å²) in [5.74, 6) is 1.50. The highest BCUT2D eigenvalue weighted by atomic mass is 16.3. The predicted octanol–water partition coefficient (Wildman–Crippen LogP) is 3.06. The third-order valence-corrected chi connectivity index (χ3v) is 6.39. The number of carbonyl (C=O) groups excluding carboxylic acids is 1. The summed E-state index contributed by atoms with van der Waals surface area (Å²) in [6.45, 7) is 0. The molecule has 148 valence electrons. The second-order valence-electron chi connectivity index (χ2n) is 8.19. The molecule has 3 aromatic rings. The Morgan fingerprint density at radius 2 is 2.00 bits per heavy atom. The van der Waals surface area contributed by atoms with Crippen molar-refractivity contribution in [3.8, 4) is 17.1 Å². The van der Waals surface area contributed by atoms with Gasteiger partial charge in [0.2, 0.25) is 11.8 Å². The molecular weight excluding hydrogens is 368 g/mol. The maximum atomic E-state index is 12.9. The van der Waals surface area contributed by atoms with Crippen molar-refractivity contribution in [1.82, 2.24) is 14.9 Å². The summed E-state index contributed by atoms with van der Waals surface area (Å²) in [4.78, 5) is 30.4. The molecule has 2 aliphatic rings. The number of carbonyl (C=O) groups is 1. The Balaban J connectivity index is 1.49. The van der Waals surface area contributed by atoms with Crippen molar-refractivity contribution in [2.24, 2.45) is 17.8 Å². The fourth-order valence-electron chi connectivity index (χ4n) is 5.07. The molecule has 0 radical (unpaired) electrons. The van der Waals surface area contributed by atoms with Crippen LogP contribution in [0.2, 0.25) is 0 Å². The van der Waals surface area contributed by atoms with E-state index in [0.29, 0.717) is 40.3 Å². The van der Waals surface area contributed by atoms with Gasteiger partial charge in [-0.15, -0.1) is 9.89 Å². The number of aromatic nitrogens is 3. The van der Waals surface area contributed by atoms with E-state index in [0.717, 1.165) is 17.1 Å². The Hall–Kier alpha value is -3.22. The maximum Gasteiger partial charge on any atom is 0.294 e. The lowest BCUT2D eigenvalue weighted by molar-refractivity contribution is -0.118.